The number of nitrogens with one attached hydrogen (secondary N) is 1. The van der Waals surface area contributed by atoms with Gasteiger partial charge in [-0.3, -0.25) is 9.69 Å². The highest BCUT2D eigenvalue weighted by Gasteiger charge is 2.11. The maximum Gasteiger partial charge on any atom is 0.239 e. The number of halogens is 1. The second-order valence-electron chi connectivity index (χ2n) is 5.61. The van der Waals surface area contributed by atoms with Crippen molar-refractivity contribution in [1.82, 2.24) is 14.7 Å². The van der Waals surface area contributed by atoms with E-state index >= 15 is 0 Å². The van der Waals surface area contributed by atoms with Gasteiger partial charge in [0.2, 0.25) is 5.91 Å². The molecule has 1 N–H and O–H groups in total. The van der Waals surface area contributed by atoms with Crippen LogP contribution in [0.2, 0.25) is 0 Å². The molecule has 0 aliphatic carbocycles. The summed E-state index contributed by atoms with van der Waals surface area (Å²) >= 11 is 0. The van der Waals surface area contributed by atoms with E-state index in [2.05, 4.69) is 10.4 Å². The van der Waals surface area contributed by atoms with Crippen molar-refractivity contribution in [3.05, 3.63) is 47.9 Å². The molecule has 0 fully saturated rings. The summed E-state index contributed by atoms with van der Waals surface area (Å²) in [6.45, 7) is 4.73. The second-order valence-corrected chi connectivity index (χ2v) is 5.61. The number of aromatic nitrogens is 2. The third-order valence-electron chi connectivity index (χ3n) is 3.18. The Morgan fingerprint density at radius 3 is 2.86 bits per heavy atom. The molecule has 6 heteroatoms. The van der Waals surface area contributed by atoms with Crippen molar-refractivity contribution in [3.63, 3.8) is 0 Å². The maximum atomic E-state index is 13.1. The molecule has 118 valence electrons. The van der Waals surface area contributed by atoms with Gasteiger partial charge in [-0.05, 0) is 38.6 Å². The molecule has 0 spiro atoms. The number of likely N-dealkylation sites (N-methyl/N-ethyl adjacent to an activating group) is 1. The molecule has 0 saturated heterocycles. The first-order valence-corrected chi connectivity index (χ1v) is 7.22. The summed E-state index contributed by atoms with van der Waals surface area (Å²) in [6, 6.07) is 8.33. The van der Waals surface area contributed by atoms with Crippen molar-refractivity contribution in [3.8, 4) is 0 Å². The van der Waals surface area contributed by atoms with E-state index in [0.29, 0.717) is 12.4 Å². The number of benzene rings is 1. The lowest BCUT2D eigenvalue weighted by Gasteiger charge is -2.17. The molecular weight excluding hydrogens is 283 g/mol. The largest absolute Gasteiger partial charge is 0.310 e. The number of hydrogen-bond acceptors (Lipinski definition) is 3. The zero-order chi connectivity index (χ0) is 16.1. The molecule has 1 aromatic heterocycles. The second kappa shape index (κ2) is 7.17. The van der Waals surface area contributed by atoms with Crippen LogP contribution in [0.4, 0.5) is 10.2 Å². The summed E-state index contributed by atoms with van der Waals surface area (Å²) in [5.41, 5.74) is 0.836. The smallest absolute Gasteiger partial charge is 0.239 e. The van der Waals surface area contributed by atoms with Crippen molar-refractivity contribution in [2.24, 2.45) is 0 Å². The van der Waals surface area contributed by atoms with Crippen LogP contribution in [-0.2, 0) is 11.3 Å². The number of hydrogen-bond donors (Lipinski definition) is 1. The van der Waals surface area contributed by atoms with Crippen LogP contribution < -0.4 is 5.32 Å². The topological polar surface area (TPSA) is 50.2 Å². The summed E-state index contributed by atoms with van der Waals surface area (Å²) < 4.78 is 14.9. The standard InChI is InChI=1S/C16H21FN4O/c1-12(2)21-15(7-8-18-21)19-16(22)11-20(3)10-13-5-4-6-14(17)9-13/h4-9,12H,10-11H2,1-3H3,(H,19,22). The monoisotopic (exact) mass is 304 g/mol. The molecule has 0 radical (unpaired) electrons. The Kier molecular flexibility index (Phi) is 5.27. The fourth-order valence-electron chi connectivity index (χ4n) is 2.26. The fourth-order valence-corrected chi connectivity index (χ4v) is 2.26. The predicted molar refractivity (Wildman–Crippen MR) is 84.0 cm³/mol. The normalized spacial score (nSPS) is 11.2. The first-order chi connectivity index (χ1) is 10.5. The van der Waals surface area contributed by atoms with Gasteiger partial charge in [0.05, 0.1) is 12.7 Å². The number of nitrogens with zero attached hydrogens (tertiary/aromatic N) is 3. The quantitative estimate of drug-likeness (QED) is 0.892. The third-order valence-corrected chi connectivity index (χ3v) is 3.18. The van der Waals surface area contributed by atoms with E-state index in [0.717, 1.165) is 5.56 Å². The Balaban J connectivity index is 1.90. The van der Waals surface area contributed by atoms with Gasteiger partial charge in [0.15, 0.2) is 0 Å². The predicted octanol–water partition coefficient (Wildman–Crippen LogP) is 2.67. The van der Waals surface area contributed by atoms with Crippen LogP contribution in [0, 0.1) is 5.82 Å². The SMILES string of the molecule is CC(C)n1nccc1NC(=O)CN(C)Cc1cccc(F)c1. The molecule has 5 nitrogen and oxygen atoms in total. The van der Waals surface area contributed by atoms with Crippen LogP contribution in [0.1, 0.15) is 25.5 Å². The molecule has 1 amide bonds. The minimum absolute atomic E-state index is 0.124. The Morgan fingerprint density at radius 1 is 1.41 bits per heavy atom. The van der Waals surface area contributed by atoms with Gasteiger partial charge in [-0.1, -0.05) is 12.1 Å². The van der Waals surface area contributed by atoms with Crippen molar-refractivity contribution in [2.75, 3.05) is 18.9 Å². The van der Waals surface area contributed by atoms with Gasteiger partial charge in [-0.25, -0.2) is 9.07 Å². The number of carbonyl (C=O) groups excluding carboxylic acids is 1. The van der Waals surface area contributed by atoms with E-state index in [-0.39, 0.29) is 24.3 Å². The fraction of sp³-hybridized carbons (Fsp3) is 0.375. The molecule has 1 aromatic carbocycles. The number of amides is 1. The van der Waals surface area contributed by atoms with Gasteiger partial charge in [0.25, 0.3) is 0 Å². The molecule has 0 aliphatic rings. The van der Waals surface area contributed by atoms with Gasteiger partial charge < -0.3 is 5.32 Å². The minimum Gasteiger partial charge on any atom is -0.310 e. The third kappa shape index (κ3) is 4.39. The van der Waals surface area contributed by atoms with E-state index in [4.69, 9.17) is 0 Å². The van der Waals surface area contributed by atoms with Gasteiger partial charge in [-0.15, -0.1) is 0 Å². The molecule has 2 aromatic rings. The number of rotatable bonds is 6. The van der Waals surface area contributed by atoms with Crippen LogP contribution in [0.15, 0.2) is 36.5 Å². The highest BCUT2D eigenvalue weighted by atomic mass is 19.1. The van der Waals surface area contributed by atoms with Crippen molar-refractivity contribution in [1.29, 1.82) is 0 Å². The molecule has 2 rings (SSSR count). The van der Waals surface area contributed by atoms with E-state index in [1.54, 1.807) is 23.0 Å². The van der Waals surface area contributed by atoms with Gasteiger partial charge in [0, 0.05) is 18.7 Å². The van der Waals surface area contributed by atoms with Crippen LogP contribution in [0.25, 0.3) is 0 Å². The van der Waals surface area contributed by atoms with Crippen molar-refractivity contribution in [2.45, 2.75) is 26.4 Å². The Labute approximate surface area is 129 Å². The van der Waals surface area contributed by atoms with E-state index in [9.17, 15) is 9.18 Å². The Bertz CT molecular complexity index is 639. The molecular formula is C16H21FN4O. The van der Waals surface area contributed by atoms with Crippen LogP contribution in [-0.4, -0.2) is 34.2 Å². The molecule has 0 bridgehead atoms. The van der Waals surface area contributed by atoms with Crippen molar-refractivity contribution < 1.29 is 9.18 Å². The molecule has 22 heavy (non-hydrogen) atoms. The minimum atomic E-state index is -0.267. The van der Waals surface area contributed by atoms with Crippen LogP contribution >= 0.6 is 0 Å². The lowest BCUT2D eigenvalue weighted by atomic mass is 10.2. The number of anilines is 1. The lowest BCUT2D eigenvalue weighted by molar-refractivity contribution is -0.117. The summed E-state index contributed by atoms with van der Waals surface area (Å²) in [7, 11) is 1.82. The first-order valence-electron chi connectivity index (χ1n) is 7.22. The van der Waals surface area contributed by atoms with Gasteiger partial charge >= 0.3 is 0 Å². The molecule has 1 heterocycles. The van der Waals surface area contributed by atoms with E-state index < -0.39 is 0 Å². The summed E-state index contributed by atoms with van der Waals surface area (Å²) in [6.07, 6.45) is 1.66. The Hall–Kier alpha value is -2.21. The Morgan fingerprint density at radius 2 is 2.18 bits per heavy atom. The van der Waals surface area contributed by atoms with Crippen LogP contribution in [0.5, 0.6) is 0 Å². The maximum absolute atomic E-state index is 13.1. The summed E-state index contributed by atoms with van der Waals surface area (Å²) in [5.74, 6) is 0.289. The average Bonchev–Trinajstić information content (AvgIpc) is 2.86. The average molecular weight is 304 g/mol. The van der Waals surface area contributed by atoms with Crippen molar-refractivity contribution >= 4 is 11.7 Å². The number of carbonyl (C=O) groups is 1. The molecule has 0 saturated carbocycles. The highest BCUT2D eigenvalue weighted by molar-refractivity contribution is 5.91. The zero-order valence-corrected chi connectivity index (χ0v) is 13.1. The summed E-state index contributed by atoms with van der Waals surface area (Å²) in [5, 5.41) is 7.02. The van der Waals surface area contributed by atoms with E-state index in [1.807, 2.05) is 31.9 Å². The van der Waals surface area contributed by atoms with Gasteiger partial charge in [0.1, 0.15) is 11.6 Å². The van der Waals surface area contributed by atoms with Crippen LogP contribution in [0.3, 0.4) is 0 Å². The lowest BCUT2D eigenvalue weighted by Crippen LogP contribution is -2.30. The summed E-state index contributed by atoms with van der Waals surface area (Å²) in [4.78, 5) is 13.9. The van der Waals surface area contributed by atoms with Gasteiger partial charge in [-0.2, -0.15) is 5.10 Å². The molecule has 0 atom stereocenters. The molecule has 0 aliphatic heterocycles. The zero-order valence-electron chi connectivity index (χ0n) is 13.1. The highest BCUT2D eigenvalue weighted by Crippen LogP contribution is 2.13. The molecule has 0 unspecified atom stereocenters. The first kappa shape index (κ1) is 16.2. The van der Waals surface area contributed by atoms with E-state index in [1.165, 1.54) is 12.1 Å².